The molecule has 1 fully saturated rings. The number of hydrogen-bond donors (Lipinski definition) is 1. The van der Waals surface area contributed by atoms with Gasteiger partial charge in [-0.05, 0) is 65.4 Å². The van der Waals surface area contributed by atoms with Crippen molar-refractivity contribution in [3.8, 4) is 11.8 Å². The maximum atomic E-state index is 13.6. The van der Waals surface area contributed by atoms with Crippen molar-refractivity contribution in [2.45, 2.75) is 66.3 Å². The highest BCUT2D eigenvalue weighted by molar-refractivity contribution is 7.15. The average molecular weight is 447 g/mol. The van der Waals surface area contributed by atoms with Gasteiger partial charge in [0.1, 0.15) is 10.9 Å². The van der Waals surface area contributed by atoms with E-state index in [-0.39, 0.29) is 33.7 Å². The zero-order valence-corrected chi connectivity index (χ0v) is 20.4. The van der Waals surface area contributed by atoms with Gasteiger partial charge in [0.15, 0.2) is 0 Å². The molecule has 1 saturated carbocycles. The molecule has 0 spiro atoms. The third kappa shape index (κ3) is 6.33. The number of likely N-dealkylation sites (N-methyl/N-ethyl adjacent to an activating group) is 1. The van der Waals surface area contributed by atoms with Crippen LogP contribution in [0.1, 0.15) is 74.9 Å². The number of nitrogens with zero attached hydrogens (tertiary/aromatic N) is 2. The van der Waals surface area contributed by atoms with Gasteiger partial charge < -0.3 is 10.0 Å². The Morgan fingerprint density at radius 1 is 1.16 bits per heavy atom. The van der Waals surface area contributed by atoms with Gasteiger partial charge in [-0.2, -0.15) is 0 Å². The van der Waals surface area contributed by atoms with Crippen molar-refractivity contribution in [2.24, 2.45) is 17.3 Å². The van der Waals surface area contributed by atoms with Crippen LogP contribution in [0.3, 0.4) is 0 Å². The van der Waals surface area contributed by atoms with Gasteiger partial charge in [-0.1, -0.05) is 18.8 Å². The molecule has 0 bridgehead atoms. The molecule has 2 amide bonds. The third-order valence-electron chi connectivity index (χ3n) is 5.51. The van der Waals surface area contributed by atoms with Gasteiger partial charge in [0.25, 0.3) is 0 Å². The fourth-order valence-electron chi connectivity index (χ4n) is 3.73. The molecule has 1 heterocycles. The van der Waals surface area contributed by atoms with Gasteiger partial charge in [0.05, 0.1) is 10.6 Å². The molecule has 0 aromatic carbocycles. The summed E-state index contributed by atoms with van der Waals surface area (Å²) in [5.41, 5.74) is 0.0257. The second-order valence-electron chi connectivity index (χ2n) is 9.70. The summed E-state index contributed by atoms with van der Waals surface area (Å²) in [5, 5.41) is 9.84. The van der Waals surface area contributed by atoms with Crippen molar-refractivity contribution in [3.63, 3.8) is 0 Å². The van der Waals surface area contributed by atoms with Crippen molar-refractivity contribution in [2.75, 3.05) is 19.0 Å². The smallest absolute Gasteiger partial charge is 0.348 e. The summed E-state index contributed by atoms with van der Waals surface area (Å²) in [6.45, 7) is 9.77. The quantitative estimate of drug-likeness (QED) is 0.677. The van der Waals surface area contributed by atoms with Crippen molar-refractivity contribution >= 4 is 34.8 Å². The summed E-state index contributed by atoms with van der Waals surface area (Å²) in [6, 6.07) is 0.841. The molecule has 0 saturated heterocycles. The third-order valence-corrected chi connectivity index (χ3v) is 6.54. The molecule has 1 aliphatic rings. The van der Waals surface area contributed by atoms with Crippen molar-refractivity contribution in [1.82, 2.24) is 4.90 Å². The molecule has 31 heavy (non-hydrogen) atoms. The predicted octanol–water partition coefficient (Wildman–Crippen LogP) is 4.48. The van der Waals surface area contributed by atoms with Crippen LogP contribution in [0, 0.1) is 29.1 Å². The maximum absolute atomic E-state index is 13.6. The van der Waals surface area contributed by atoms with Gasteiger partial charge in [-0.25, -0.2) is 4.79 Å². The first-order valence-electron chi connectivity index (χ1n) is 10.8. The van der Waals surface area contributed by atoms with Gasteiger partial charge in [-0.3, -0.25) is 14.5 Å². The Balaban J connectivity index is 2.55. The molecule has 0 unspecified atom stereocenters. The Kier molecular flexibility index (Phi) is 7.93. The molecule has 170 valence electrons. The minimum Gasteiger partial charge on any atom is -0.477 e. The molecule has 7 heteroatoms. The molecule has 1 aromatic heterocycles. The van der Waals surface area contributed by atoms with E-state index in [0.717, 1.165) is 37.0 Å². The maximum Gasteiger partial charge on any atom is 0.348 e. The number of amides is 2. The molecule has 2 rings (SSSR count). The fourth-order valence-corrected chi connectivity index (χ4v) is 4.57. The molecule has 1 aromatic rings. The molecule has 1 atom stereocenters. The summed E-state index contributed by atoms with van der Waals surface area (Å²) in [5.74, 6) is 4.98. The largest absolute Gasteiger partial charge is 0.477 e. The highest BCUT2D eigenvalue weighted by atomic mass is 32.1. The summed E-state index contributed by atoms with van der Waals surface area (Å²) in [6.07, 6.45) is 3.42. The standard InChI is InChI=1S/C24H34N2O4S/c1-15-8-10-17(11-9-15)22(28)26(16(2)21(27)25(6)7)19-14-18(12-13-24(3,4)5)31-20(19)23(29)30/h14-17H,8-11H2,1-7H3,(H,29,30)/t15-,16-,17-/m0/s1. The number of carbonyl (C=O) groups excluding carboxylic acids is 2. The van der Waals surface area contributed by atoms with Crippen LogP contribution >= 0.6 is 11.3 Å². The fraction of sp³-hybridized carbons (Fsp3) is 0.625. The van der Waals surface area contributed by atoms with Gasteiger partial charge >= 0.3 is 5.97 Å². The van der Waals surface area contributed by atoms with E-state index >= 15 is 0 Å². The molecular weight excluding hydrogens is 412 g/mol. The van der Waals surface area contributed by atoms with Crippen LogP contribution in [-0.4, -0.2) is 47.9 Å². The lowest BCUT2D eigenvalue weighted by atomic mass is 9.82. The van der Waals surface area contributed by atoms with Gasteiger partial charge in [0, 0.05) is 25.4 Å². The zero-order chi connectivity index (χ0) is 23.5. The van der Waals surface area contributed by atoms with E-state index in [1.807, 2.05) is 20.8 Å². The van der Waals surface area contributed by atoms with Gasteiger partial charge in [-0.15, -0.1) is 11.3 Å². The van der Waals surface area contributed by atoms with Crippen LogP contribution in [0.25, 0.3) is 0 Å². The van der Waals surface area contributed by atoms with E-state index in [0.29, 0.717) is 10.8 Å². The van der Waals surface area contributed by atoms with Crippen molar-refractivity contribution in [1.29, 1.82) is 0 Å². The van der Waals surface area contributed by atoms with E-state index in [9.17, 15) is 19.5 Å². The number of carboxylic acid groups (broad SMARTS) is 1. The monoisotopic (exact) mass is 446 g/mol. The Morgan fingerprint density at radius 2 is 1.74 bits per heavy atom. The SMILES string of the molecule is C[C@@H](C(=O)N(C)C)N(c1cc(C#CC(C)(C)C)sc1C(=O)O)C(=O)[C@H]1CC[C@H](C)CC1. The molecule has 6 nitrogen and oxygen atoms in total. The topological polar surface area (TPSA) is 77.9 Å². The summed E-state index contributed by atoms with van der Waals surface area (Å²) in [7, 11) is 3.27. The van der Waals surface area contributed by atoms with E-state index < -0.39 is 12.0 Å². The normalized spacial score (nSPS) is 19.7. The highest BCUT2D eigenvalue weighted by Gasteiger charge is 2.37. The van der Waals surface area contributed by atoms with Gasteiger partial charge in [0.2, 0.25) is 11.8 Å². The molecule has 0 aliphatic heterocycles. The van der Waals surface area contributed by atoms with Crippen LogP contribution in [0.2, 0.25) is 0 Å². The number of hydrogen-bond acceptors (Lipinski definition) is 4. The number of anilines is 1. The first kappa shape index (κ1) is 24.9. The number of carbonyl (C=O) groups is 3. The van der Waals surface area contributed by atoms with Crippen LogP contribution in [0.4, 0.5) is 5.69 Å². The van der Waals surface area contributed by atoms with Crippen LogP contribution < -0.4 is 4.90 Å². The minimum absolute atomic E-state index is 0.0362. The Hall–Kier alpha value is -2.33. The van der Waals surface area contributed by atoms with Crippen molar-refractivity contribution in [3.05, 3.63) is 15.8 Å². The van der Waals surface area contributed by atoms with E-state index in [4.69, 9.17) is 0 Å². The molecule has 1 aliphatic carbocycles. The highest BCUT2D eigenvalue weighted by Crippen LogP contribution is 2.36. The second-order valence-corrected chi connectivity index (χ2v) is 10.8. The average Bonchev–Trinajstić information content (AvgIpc) is 3.10. The number of thiophene rings is 1. The number of rotatable bonds is 5. The summed E-state index contributed by atoms with van der Waals surface area (Å²) >= 11 is 1.05. The zero-order valence-electron chi connectivity index (χ0n) is 19.6. The summed E-state index contributed by atoms with van der Waals surface area (Å²) in [4.78, 5) is 41.9. The first-order valence-corrected chi connectivity index (χ1v) is 11.6. The Labute approximate surface area is 189 Å². The lowest BCUT2D eigenvalue weighted by molar-refractivity contribution is -0.133. The molecule has 1 N–H and O–H groups in total. The minimum atomic E-state index is -1.12. The van der Waals surface area contributed by atoms with Crippen LogP contribution in [0.5, 0.6) is 0 Å². The van der Waals surface area contributed by atoms with Crippen LogP contribution in [0.15, 0.2) is 6.07 Å². The van der Waals surface area contributed by atoms with Crippen LogP contribution in [-0.2, 0) is 9.59 Å². The van der Waals surface area contributed by atoms with E-state index in [1.165, 1.54) is 9.80 Å². The number of carboxylic acids is 1. The molecule has 0 radical (unpaired) electrons. The van der Waals surface area contributed by atoms with E-state index in [2.05, 4.69) is 18.8 Å². The van der Waals surface area contributed by atoms with Crippen molar-refractivity contribution < 1.29 is 19.5 Å². The first-order chi connectivity index (χ1) is 14.3. The Bertz CT molecular complexity index is 893. The lowest BCUT2D eigenvalue weighted by Gasteiger charge is -2.35. The molecular formula is C24H34N2O4S. The lowest BCUT2D eigenvalue weighted by Crippen LogP contribution is -2.50. The predicted molar refractivity (Wildman–Crippen MR) is 124 cm³/mol. The van der Waals surface area contributed by atoms with E-state index in [1.54, 1.807) is 27.1 Å². The number of aromatic carboxylic acids is 1. The second kappa shape index (κ2) is 9.86. The summed E-state index contributed by atoms with van der Waals surface area (Å²) < 4.78 is 0. The Morgan fingerprint density at radius 3 is 2.23 bits per heavy atom.